The van der Waals surface area contributed by atoms with Crippen LogP contribution in [0.4, 0.5) is 0 Å². The minimum absolute atomic E-state index is 0.0560. The van der Waals surface area contributed by atoms with Crippen LogP contribution >= 0.6 is 11.8 Å². The summed E-state index contributed by atoms with van der Waals surface area (Å²) < 4.78 is 1.80. The molecule has 0 radical (unpaired) electrons. The molecule has 1 N–H and O–H groups in total. The van der Waals surface area contributed by atoms with Crippen molar-refractivity contribution in [1.29, 1.82) is 0 Å². The first kappa shape index (κ1) is 20.0. The highest BCUT2D eigenvalue weighted by atomic mass is 32.2. The van der Waals surface area contributed by atoms with E-state index in [9.17, 15) is 9.59 Å². The van der Waals surface area contributed by atoms with Crippen molar-refractivity contribution < 1.29 is 0 Å². The molecule has 5 heteroatoms. The van der Waals surface area contributed by atoms with E-state index in [4.69, 9.17) is 0 Å². The summed E-state index contributed by atoms with van der Waals surface area (Å²) in [6, 6.07) is 6.38. The number of nitrogens with one attached hydrogen (secondary N) is 1. The largest absolute Gasteiger partial charge is 0.329 e. The lowest BCUT2D eigenvalue weighted by Gasteiger charge is -2.19. The molecule has 1 heterocycles. The summed E-state index contributed by atoms with van der Waals surface area (Å²) in [5, 5.41) is 0.807. The number of hydrogen-bond acceptors (Lipinski definition) is 3. The fraction of sp³-hybridized carbons (Fsp3) is 0.545. The van der Waals surface area contributed by atoms with Gasteiger partial charge in [0, 0.05) is 11.4 Å². The molecule has 0 bridgehead atoms. The molecule has 1 aliphatic carbocycles. The zero-order valence-electron chi connectivity index (χ0n) is 16.8. The average Bonchev–Trinajstić information content (AvgIpc) is 3.06. The summed E-state index contributed by atoms with van der Waals surface area (Å²) in [5.41, 5.74) is 2.56. The van der Waals surface area contributed by atoms with Gasteiger partial charge in [-0.1, -0.05) is 57.4 Å². The predicted octanol–water partition coefficient (Wildman–Crippen LogP) is 5.01. The van der Waals surface area contributed by atoms with Crippen molar-refractivity contribution in [2.24, 2.45) is 5.92 Å². The Balaban J connectivity index is 2.03. The van der Waals surface area contributed by atoms with Gasteiger partial charge in [0.15, 0.2) is 0 Å². The minimum atomic E-state index is -0.283. The average molecular weight is 387 g/mol. The standard InChI is InChI=1S/C22H30N2O2S/c1-14(2)19-20(25)23-22(26)24(10-9-17-7-5-6-8-17)21(19)27-18-12-15(3)11-16(4)13-18/h11-14,17H,5-10H2,1-4H3,(H,23,25,26). The summed E-state index contributed by atoms with van der Waals surface area (Å²) >= 11 is 1.55. The van der Waals surface area contributed by atoms with E-state index in [1.807, 2.05) is 13.8 Å². The predicted molar refractivity (Wildman–Crippen MR) is 112 cm³/mol. The number of nitrogens with zero attached hydrogens (tertiary/aromatic N) is 1. The van der Waals surface area contributed by atoms with E-state index in [1.165, 1.54) is 36.8 Å². The summed E-state index contributed by atoms with van der Waals surface area (Å²) in [7, 11) is 0. The normalized spacial score (nSPS) is 15.0. The molecule has 2 aromatic rings. The van der Waals surface area contributed by atoms with E-state index in [0.717, 1.165) is 16.3 Å². The molecule has 0 spiro atoms. The smallest absolute Gasteiger partial charge is 0.287 e. The maximum Gasteiger partial charge on any atom is 0.329 e. The van der Waals surface area contributed by atoms with Gasteiger partial charge in [0.2, 0.25) is 0 Å². The minimum Gasteiger partial charge on any atom is -0.287 e. The second-order valence-electron chi connectivity index (χ2n) is 8.15. The van der Waals surface area contributed by atoms with Crippen LogP contribution in [0.3, 0.4) is 0 Å². The van der Waals surface area contributed by atoms with E-state index in [0.29, 0.717) is 18.0 Å². The highest BCUT2D eigenvalue weighted by molar-refractivity contribution is 7.99. The summed E-state index contributed by atoms with van der Waals surface area (Å²) in [6.45, 7) is 8.85. The van der Waals surface area contributed by atoms with Crippen LogP contribution in [0.2, 0.25) is 0 Å². The van der Waals surface area contributed by atoms with Gasteiger partial charge in [-0.05, 0) is 55.4 Å². The molecule has 0 atom stereocenters. The number of aromatic amines is 1. The van der Waals surface area contributed by atoms with Crippen molar-refractivity contribution >= 4 is 11.8 Å². The van der Waals surface area contributed by atoms with Crippen LogP contribution in [-0.4, -0.2) is 9.55 Å². The summed E-state index contributed by atoms with van der Waals surface area (Å²) in [6.07, 6.45) is 6.12. The molecule has 27 heavy (non-hydrogen) atoms. The van der Waals surface area contributed by atoms with E-state index in [2.05, 4.69) is 37.0 Å². The highest BCUT2D eigenvalue weighted by Crippen LogP contribution is 2.34. The molecular formula is C22H30N2O2S. The van der Waals surface area contributed by atoms with E-state index in [1.54, 1.807) is 16.3 Å². The first-order valence-corrected chi connectivity index (χ1v) is 10.8. The van der Waals surface area contributed by atoms with Crippen LogP contribution in [-0.2, 0) is 6.54 Å². The highest BCUT2D eigenvalue weighted by Gasteiger charge is 2.21. The SMILES string of the molecule is Cc1cc(C)cc(Sc2c(C(C)C)c(=O)[nH]c(=O)n2CCC2CCCC2)c1. The van der Waals surface area contributed by atoms with Gasteiger partial charge < -0.3 is 0 Å². The quantitative estimate of drug-likeness (QED) is 0.710. The van der Waals surface area contributed by atoms with Crippen LogP contribution in [0, 0.1) is 19.8 Å². The second kappa shape index (κ2) is 8.51. The Labute approximate surface area is 165 Å². The van der Waals surface area contributed by atoms with Gasteiger partial charge in [0.1, 0.15) is 0 Å². The molecule has 146 valence electrons. The molecule has 1 fully saturated rings. The van der Waals surface area contributed by atoms with Crippen molar-refractivity contribution in [1.82, 2.24) is 9.55 Å². The van der Waals surface area contributed by atoms with Gasteiger partial charge in [0.25, 0.3) is 5.56 Å². The third-order valence-corrected chi connectivity index (χ3v) is 6.51. The van der Waals surface area contributed by atoms with E-state index >= 15 is 0 Å². The van der Waals surface area contributed by atoms with Crippen LogP contribution < -0.4 is 11.2 Å². The van der Waals surface area contributed by atoms with Crippen molar-refractivity contribution in [3.05, 3.63) is 55.7 Å². The number of aryl methyl sites for hydroxylation is 2. The molecular weight excluding hydrogens is 356 g/mol. The molecule has 0 aliphatic heterocycles. The first-order valence-electron chi connectivity index (χ1n) is 9.98. The Morgan fingerprint density at radius 2 is 1.74 bits per heavy atom. The molecule has 1 aromatic heterocycles. The van der Waals surface area contributed by atoms with E-state index in [-0.39, 0.29) is 17.2 Å². The van der Waals surface area contributed by atoms with E-state index < -0.39 is 0 Å². The Hall–Kier alpha value is -1.75. The lowest BCUT2D eigenvalue weighted by Crippen LogP contribution is -2.34. The number of hydrogen-bond donors (Lipinski definition) is 1. The molecule has 3 rings (SSSR count). The fourth-order valence-corrected chi connectivity index (χ4v) is 5.54. The zero-order chi connectivity index (χ0) is 19.6. The number of rotatable bonds is 6. The summed E-state index contributed by atoms with van der Waals surface area (Å²) in [5.74, 6) is 0.755. The Morgan fingerprint density at radius 1 is 1.11 bits per heavy atom. The Bertz CT molecular complexity index is 901. The van der Waals surface area contributed by atoms with Crippen molar-refractivity contribution in [3.63, 3.8) is 0 Å². The lowest BCUT2D eigenvalue weighted by atomic mass is 10.0. The van der Waals surface area contributed by atoms with Crippen LogP contribution in [0.5, 0.6) is 0 Å². The molecule has 0 unspecified atom stereocenters. The van der Waals surface area contributed by atoms with Gasteiger partial charge in [-0.25, -0.2) is 4.79 Å². The topological polar surface area (TPSA) is 54.9 Å². The first-order chi connectivity index (χ1) is 12.8. The molecule has 1 aromatic carbocycles. The Kier molecular flexibility index (Phi) is 6.30. The number of benzene rings is 1. The monoisotopic (exact) mass is 386 g/mol. The molecule has 4 nitrogen and oxygen atoms in total. The summed E-state index contributed by atoms with van der Waals surface area (Å²) in [4.78, 5) is 28.8. The Morgan fingerprint density at radius 3 is 2.33 bits per heavy atom. The van der Waals surface area contributed by atoms with Crippen LogP contribution in [0.25, 0.3) is 0 Å². The van der Waals surface area contributed by atoms with Crippen LogP contribution in [0.1, 0.15) is 68.6 Å². The van der Waals surface area contributed by atoms with Gasteiger partial charge in [-0.3, -0.25) is 14.3 Å². The van der Waals surface area contributed by atoms with Gasteiger partial charge in [-0.15, -0.1) is 0 Å². The lowest BCUT2D eigenvalue weighted by molar-refractivity contribution is 0.431. The number of aromatic nitrogens is 2. The third-order valence-electron chi connectivity index (χ3n) is 5.41. The fourth-order valence-electron chi connectivity index (χ4n) is 4.10. The molecule has 0 amide bonds. The maximum atomic E-state index is 12.7. The van der Waals surface area contributed by atoms with Crippen molar-refractivity contribution in [3.8, 4) is 0 Å². The zero-order valence-corrected chi connectivity index (χ0v) is 17.6. The second-order valence-corrected chi connectivity index (χ2v) is 9.21. The number of H-pyrrole nitrogens is 1. The molecule has 1 saturated carbocycles. The van der Waals surface area contributed by atoms with Crippen LogP contribution in [0.15, 0.2) is 37.7 Å². The third kappa shape index (κ3) is 4.75. The van der Waals surface area contributed by atoms with Gasteiger partial charge in [-0.2, -0.15) is 0 Å². The van der Waals surface area contributed by atoms with Gasteiger partial charge >= 0.3 is 5.69 Å². The molecule has 0 saturated heterocycles. The van der Waals surface area contributed by atoms with Crippen molar-refractivity contribution in [2.45, 2.75) is 82.2 Å². The van der Waals surface area contributed by atoms with Gasteiger partial charge in [0.05, 0.1) is 10.6 Å². The molecule has 1 aliphatic rings. The maximum absolute atomic E-state index is 12.7. The van der Waals surface area contributed by atoms with Crippen molar-refractivity contribution in [2.75, 3.05) is 0 Å².